The lowest BCUT2D eigenvalue weighted by molar-refractivity contribution is -0.156. The van der Waals surface area contributed by atoms with Crippen LogP contribution in [0.1, 0.15) is 40.5 Å². The molecule has 0 atom stereocenters. The van der Waals surface area contributed by atoms with E-state index in [1.54, 1.807) is 13.8 Å². The standard InChI is InChI=1S/C10H18O3/c1-7(2)5-6-9(11)10(12)13-8(3)4/h7-8H,5-6H2,1-4H3. The Balaban J connectivity index is 3.77. The molecule has 0 bridgehead atoms. The van der Waals surface area contributed by atoms with Crippen LogP contribution >= 0.6 is 0 Å². The molecule has 0 aromatic carbocycles. The first kappa shape index (κ1) is 12.1. The van der Waals surface area contributed by atoms with Crippen LogP contribution < -0.4 is 0 Å². The highest BCUT2D eigenvalue weighted by atomic mass is 16.5. The van der Waals surface area contributed by atoms with Crippen LogP contribution in [0.5, 0.6) is 0 Å². The van der Waals surface area contributed by atoms with E-state index >= 15 is 0 Å². The summed E-state index contributed by atoms with van der Waals surface area (Å²) in [5.74, 6) is -0.672. The number of hydrogen-bond acceptors (Lipinski definition) is 3. The molecule has 0 aliphatic carbocycles. The highest BCUT2D eigenvalue weighted by molar-refractivity contribution is 6.33. The molecule has 0 radical (unpaired) electrons. The first-order chi connectivity index (χ1) is 5.93. The first-order valence-electron chi connectivity index (χ1n) is 4.67. The van der Waals surface area contributed by atoms with Crippen molar-refractivity contribution in [2.24, 2.45) is 5.92 Å². The molecule has 0 aliphatic heterocycles. The smallest absolute Gasteiger partial charge is 0.374 e. The van der Waals surface area contributed by atoms with Crippen molar-refractivity contribution >= 4 is 11.8 Å². The highest BCUT2D eigenvalue weighted by Crippen LogP contribution is 2.05. The van der Waals surface area contributed by atoms with Gasteiger partial charge in [0.1, 0.15) is 0 Å². The van der Waals surface area contributed by atoms with Crippen LogP contribution in [0.15, 0.2) is 0 Å². The summed E-state index contributed by atoms with van der Waals surface area (Å²) >= 11 is 0. The second-order valence-corrected chi connectivity index (χ2v) is 3.81. The first-order valence-corrected chi connectivity index (χ1v) is 4.67. The zero-order valence-electron chi connectivity index (χ0n) is 8.79. The lowest BCUT2D eigenvalue weighted by Gasteiger charge is -2.07. The van der Waals surface area contributed by atoms with Crippen LogP contribution in [0.4, 0.5) is 0 Å². The maximum Gasteiger partial charge on any atom is 0.374 e. The Morgan fingerprint density at radius 2 is 1.69 bits per heavy atom. The number of ketones is 1. The van der Waals surface area contributed by atoms with E-state index in [1.165, 1.54) is 0 Å². The number of carbonyl (C=O) groups excluding carboxylic acids is 2. The van der Waals surface area contributed by atoms with E-state index < -0.39 is 11.8 Å². The van der Waals surface area contributed by atoms with Gasteiger partial charge in [-0.2, -0.15) is 0 Å². The van der Waals surface area contributed by atoms with Crippen molar-refractivity contribution in [2.75, 3.05) is 0 Å². The van der Waals surface area contributed by atoms with Gasteiger partial charge < -0.3 is 4.74 Å². The summed E-state index contributed by atoms with van der Waals surface area (Å²) in [7, 11) is 0. The van der Waals surface area contributed by atoms with Crippen molar-refractivity contribution in [2.45, 2.75) is 46.6 Å². The van der Waals surface area contributed by atoms with Crippen LogP contribution in [-0.4, -0.2) is 17.9 Å². The molecular formula is C10H18O3. The normalized spacial score (nSPS) is 10.6. The van der Waals surface area contributed by atoms with Crippen LogP contribution in [0, 0.1) is 5.92 Å². The van der Waals surface area contributed by atoms with Crippen molar-refractivity contribution in [3.05, 3.63) is 0 Å². The second-order valence-electron chi connectivity index (χ2n) is 3.81. The van der Waals surface area contributed by atoms with Crippen molar-refractivity contribution in [1.29, 1.82) is 0 Å². The molecule has 0 aromatic rings. The third-order valence-electron chi connectivity index (χ3n) is 1.52. The van der Waals surface area contributed by atoms with Gasteiger partial charge in [-0.25, -0.2) is 4.79 Å². The Kier molecular flexibility index (Phi) is 5.35. The lowest BCUT2D eigenvalue weighted by Crippen LogP contribution is -2.21. The molecule has 0 heterocycles. The molecule has 13 heavy (non-hydrogen) atoms. The van der Waals surface area contributed by atoms with E-state index in [2.05, 4.69) is 0 Å². The van der Waals surface area contributed by atoms with E-state index in [0.717, 1.165) is 6.42 Å². The predicted octanol–water partition coefficient (Wildman–Crippen LogP) is 1.94. The Hall–Kier alpha value is -0.860. The van der Waals surface area contributed by atoms with Crippen LogP contribution in [0.25, 0.3) is 0 Å². The van der Waals surface area contributed by atoms with Crippen molar-refractivity contribution in [3.8, 4) is 0 Å². The largest absolute Gasteiger partial charge is 0.457 e. The summed E-state index contributed by atoms with van der Waals surface area (Å²) in [5, 5.41) is 0. The zero-order valence-corrected chi connectivity index (χ0v) is 8.79. The molecule has 3 heteroatoms. The number of rotatable bonds is 5. The van der Waals surface area contributed by atoms with Crippen molar-refractivity contribution in [3.63, 3.8) is 0 Å². The minimum absolute atomic E-state index is 0.213. The maximum absolute atomic E-state index is 11.1. The molecule has 0 saturated carbocycles. The fraction of sp³-hybridized carbons (Fsp3) is 0.800. The van der Waals surface area contributed by atoms with E-state index in [1.807, 2.05) is 13.8 Å². The quantitative estimate of drug-likeness (QED) is 0.487. The van der Waals surface area contributed by atoms with Gasteiger partial charge >= 0.3 is 5.97 Å². The Bertz CT molecular complexity index is 183. The fourth-order valence-electron chi connectivity index (χ4n) is 0.802. The zero-order chi connectivity index (χ0) is 10.4. The Morgan fingerprint density at radius 1 is 1.15 bits per heavy atom. The average molecular weight is 186 g/mol. The minimum Gasteiger partial charge on any atom is -0.457 e. The Morgan fingerprint density at radius 3 is 2.08 bits per heavy atom. The molecule has 76 valence electrons. The van der Waals surface area contributed by atoms with Gasteiger partial charge in [-0.3, -0.25) is 4.79 Å². The molecule has 0 amide bonds. The van der Waals surface area contributed by atoms with E-state index in [0.29, 0.717) is 12.3 Å². The summed E-state index contributed by atoms with van der Waals surface area (Å²) in [6, 6.07) is 0. The highest BCUT2D eigenvalue weighted by Gasteiger charge is 2.16. The van der Waals surface area contributed by atoms with Gasteiger partial charge in [0.05, 0.1) is 6.10 Å². The molecule has 0 rings (SSSR count). The molecule has 0 N–H and O–H groups in total. The van der Waals surface area contributed by atoms with Gasteiger partial charge in [0.25, 0.3) is 0 Å². The number of carbonyl (C=O) groups is 2. The van der Waals surface area contributed by atoms with Gasteiger partial charge in [0, 0.05) is 6.42 Å². The Labute approximate surface area is 79.5 Å². The summed E-state index contributed by atoms with van der Waals surface area (Å²) in [6.45, 7) is 7.49. The number of ether oxygens (including phenoxy) is 1. The molecular weight excluding hydrogens is 168 g/mol. The molecule has 0 saturated heterocycles. The monoisotopic (exact) mass is 186 g/mol. The second kappa shape index (κ2) is 5.73. The number of hydrogen-bond donors (Lipinski definition) is 0. The van der Waals surface area contributed by atoms with E-state index in [4.69, 9.17) is 4.74 Å². The molecule has 0 aromatic heterocycles. The van der Waals surface area contributed by atoms with Gasteiger partial charge in [-0.15, -0.1) is 0 Å². The number of Topliss-reactive ketones (excluding diaryl/α,β-unsaturated/α-hetero) is 1. The fourth-order valence-corrected chi connectivity index (χ4v) is 0.802. The SMILES string of the molecule is CC(C)CCC(=O)C(=O)OC(C)C. The third kappa shape index (κ3) is 6.31. The maximum atomic E-state index is 11.1. The van der Waals surface area contributed by atoms with E-state index in [-0.39, 0.29) is 6.10 Å². The average Bonchev–Trinajstić information content (AvgIpc) is 1.98. The van der Waals surface area contributed by atoms with Crippen LogP contribution in [-0.2, 0) is 14.3 Å². The summed E-state index contributed by atoms with van der Waals surface area (Å²) in [4.78, 5) is 22.1. The lowest BCUT2D eigenvalue weighted by atomic mass is 10.1. The predicted molar refractivity (Wildman–Crippen MR) is 50.3 cm³/mol. The van der Waals surface area contributed by atoms with Gasteiger partial charge in [0.15, 0.2) is 0 Å². The third-order valence-corrected chi connectivity index (χ3v) is 1.52. The summed E-state index contributed by atoms with van der Waals surface area (Å²) < 4.78 is 4.76. The molecule has 0 unspecified atom stereocenters. The summed E-state index contributed by atoms with van der Waals surface area (Å²) in [6.07, 6.45) is 0.824. The van der Waals surface area contributed by atoms with Crippen LogP contribution in [0.3, 0.4) is 0 Å². The van der Waals surface area contributed by atoms with Crippen LogP contribution in [0.2, 0.25) is 0 Å². The molecule has 3 nitrogen and oxygen atoms in total. The topological polar surface area (TPSA) is 43.4 Å². The van der Waals surface area contributed by atoms with Gasteiger partial charge in [-0.05, 0) is 26.2 Å². The minimum atomic E-state index is -0.698. The van der Waals surface area contributed by atoms with Crippen molar-refractivity contribution in [1.82, 2.24) is 0 Å². The summed E-state index contributed by atoms with van der Waals surface area (Å²) in [5.41, 5.74) is 0. The van der Waals surface area contributed by atoms with E-state index in [9.17, 15) is 9.59 Å². The molecule has 0 fully saturated rings. The van der Waals surface area contributed by atoms with Gasteiger partial charge in [0.2, 0.25) is 5.78 Å². The van der Waals surface area contributed by atoms with Gasteiger partial charge in [-0.1, -0.05) is 13.8 Å². The number of esters is 1. The molecule has 0 spiro atoms. The molecule has 0 aliphatic rings. The van der Waals surface area contributed by atoms with Crippen molar-refractivity contribution < 1.29 is 14.3 Å².